The van der Waals surface area contributed by atoms with Crippen molar-refractivity contribution in [3.05, 3.63) is 46.5 Å². The summed E-state index contributed by atoms with van der Waals surface area (Å²) in [4.78, 5) is 15.8. The predicted octanol–water partition coefficient (Wildman–Crippen LogP) is 1.96. The van der Waals surface area contributed by atoms with Crippen LogP contribution in [-0.4, -0.2) is 20.7 Å². The Morgan fingerprint density at radius 1 is 1.53 bits per heavy atom. The second kappa shape index (κ2) is 5.84. The number of amides is 1. The fraction of sp³-hybridized carbons (Fsp3) is 0.308. The van der Waals surface area contributed by atoms with Gasteiger partial charge in [-0.15, -0.1) is 0 Å². The summed E-state index contributed by atoms with van der Waals surface area (Å²) < 4.78 is 1.75. The Bertz CT molecular complexity index is 594. The number of aromatic nitrogens is 3. The summed E-state index contributed by atoms with van der Waals surface area (Å²) in [5.74, 6) is -0.210. The number of hydrogen-bond donors (Lipinski definition) is 1. The molecule has 0 saturated carbocycles. The van der Waals surface area contributed by atoms with Crippen LogP contribution >= 0.6 is 11.6 Å². The minimum Gasteiger partial charge on any atom is -0.348 e. The third-order valence-electron chi connectivity index (χ3n) is 2.78. The van der Waals surface area contributed by atoms with Gasteiger partial charge in [0.25, 0.3) is 5.91 Å². The summed E-state index contributed by atoms with van der Waals surface area (Å²) in [5.41, 5.74) is 2.44. The normalized spacial score (nSPS) is 10.5. The van der Waals surface area contributed by atoms with E-state index in [4.69, 9.17) is 11.6 Å². The van der Waals surface area contributed by atoms with Crippen LogP contribution in [0.2, 0.25) is 5.02 Å². The van der Waals surface area contributed by atoms with Gasteiger partial charge in [0.05, 0.1) is 16.3 Å². The van der Waals surface area contributed by atoms with Gasteiger partial charge in [-0.1, -0.05) is 18.5 Å². The van der Waals surface area contributed by atoms with Gasteiger partial charge in [-0.25, -0.2) is 0 Å². The van der Waals surface area contributed by atoms with E-state index < -0.39 is 0 Å². The van der Waals surface area contributed by atoms with Crippen LogP contribution in [-0.2, 0) is 20.0 Å². The standard InChI is InChI=1S/C13H15ClN4O/c1-3-12-9(8-18(2)17-12)6-16-13(19)10-4-5-15-7-11(10)14/h4-5,7-8H,3,6H2,1-2H3,(H,16,19). The van der Waals surface area contributed by atoms with E-state index in [-0.39, 0.29) is 5.91 Å². The highest BCUT2D eigenvalue weighted by Crippen LogP contribution is 2.13. The molecule has 0 bridgehead atoms. The molecule has 19 heavy (non-hydrogen) atoms. The molecule has 0 unspecified atom stereocenters. The lowest BCUT2D eigenvalue weighted by atomic mass is 10.2. The number of carbonyl (C=O) groups excluding carboxylic acids is 1. The molecule has 1 amide bonds. The molecule has 0 saturated heterocycles. The highest BCUT2D eigenvalue weighted by atomic mass is 35.5. The second-order valence-electron chi connectivity index (χ2n) is 4.17. The van der Waals surface area contributed by atoms with Gasteiger partial charge in [-0.2, -0.15) is 5.10 Å². The molecule has 2 aromatic heterocycles. The topological polar surface area (TPSA) is 59.8 Å². The summed E-state index contributed by atoms with van der Waals surface area (Å²) in [7, 11) is 1.87. The average molecular weight is 279 g/mol. The number of carbonyl (C=O) groups is 1. The maximum Gasteiger partial charge on any atom is 0.253 e. The lowest BCUT2D eigenvalue weighted by Crippen LogP contribution is -2.23. The quantitative estimate of drug-likeness (QED) is 0.930. The van der Waals surface area contributed by atoms with Gasteiger partial charge in [0.1, 0.15) is 0 Å². The Kier molecular flexibility index (Phi) is 4.16. The Morgan fingerprint density at radius 3 is 3.00 bits per heavy atom. The lowest BCUT2D eigenvalue weighted by molar-refractivity contribution is 0.0951. The Morgan fingerprint density at radius 2 is 2.32 bits per heavy atom. The summed E-state index contributed by atoms with van der Waals surface area (Å²) in [5, 5.41) is 7.52. The third kappa shape index (κ3) is 3.12. The third-order valence-corrected chi connectivity index (χ3v) is 3.08. The number of hydrogen-bond acceptors (Lipinski definition) is 3. The number of halogens is 1. The van der Waals surface area contributed by atoms with Crippen molar-refractivity contribution in [3.8, 4) is 0 Å². The van der Waals surface area contributed by atoms with Crippen LogP contribution < -0.4 is 5.32 Å². The fourth-order valence-electron chi connectivity index (χ4n) is 1.86. The van der Waals surface area contributed by atoms with Crippen LogP contribution in [0.4, 0.5) is 0 Å². The van der Waals surface area contributed by atoms with Crippen LogP contribution in [0, 0.1) is 0 Å². The van der Waals surface area contributed by atoms with E-state index in [0.717, 1.165) is 17.7 Å². The van der Waals surface area contributed by atoms with Gasteiger partial charge in [-0.05, 0) is 12.5 Å². The molecule has 0 aliphatic rings. The van der Waals surface area contributed by atoms with Gasteiger partial charge in [-0.3, -0.25) is 14.5 Å². The molecular formula is C13H15ClN4O. The van der Waals surface area contributed by atoms with E-state index in [0.29, 0.717) is 17.1 Å². The highest BCUT2D eigenvalue weighted by Gasteiger charge is 2.11. The minimum atomic E-state index is -0.210. The van der Waals surface area contributed by atoms with Gasteiger partial charge in [0, 0.05) is 37.7 Å². The maximum absolute atomic E-state index is 12.0. The molecule has 2 aromatic rings. The molecule has 0 spiro atoms. The van der Waals surface area contributed by atoms with Crippen molar-refractivity contribution in [2.24, 2.45) is 7.05 Å². The van der Waals surface area contributed by atoms with Crippen LogP contribution in [0.25, 0.3) is 0 Å². The molecule has 0 aromatic carbocycles. The van der Waals surface area contributed by atoms with E-state index in [9.17, 15) is 4.79 Å². The smallest absolute Gasteiger partial charge is 0.253 e. The zero-order valence-corrected chi connectivity index (χ0v) is 11.6. The Labute approximate surface area is 116 Å². The van der Waals surface area contributed by atoms with Crippen molar-refractivity contribution in [1.82, 2.24) is 20.1 Å². The SMILES string of the molecule is CCc1nn(C)cc1CNC(=O)c1ccncc1Cl. The number of nitrogens with one attached hydrogen (secondary N) is 1. The summed E-state index contributed by atoms with van der Waals surface area (Å²) in [6.45, 7) is 2.47. The van der Waals surface area contributed by atoms with Gasteiger partial charge in [0.15, 0.2) is 0 Å². The first kappa shape index (κ1) is 13.5. The molecule has 2 heterocycles. The predicted molar refractivity (Wildman–Crippen MR) is 73.0 cm³/mol. The Balaban J connectivity index is 2.06. The number of aryl methyl sites for hydroxylation is 2. The molecule has 0 aliphatic carbocycles. The lowest BCUT2D eigenvalue weighted by Gasteiger charge is -2.06. The molecule has 2 rings (SSSR count). The molecular weight excluding hydrogens is 264 g/mol. The Hall–Kier alpha value is -1.88. The first-order chi connectivity index (χ1) is 9.11. The van der Waals surface area contributed by atoms with Crippen molar-refractivity contribution in [1.29, 1.82) is 0 Å². The van der Waals surface area contributed by atoms with Crippen molar-refractivity contribution in [2.45, 2.75) is 19.9 Å². The zero-order chi connectivity index (χ0) is 13.8. The molecule has 100 valence electrons. The highest BCUT2D eigenvalue weighted by molar-refractivity contribution is 6.33. The van der Waals surface area contributed by atoms with Crippen molar-refractivity contribution in [2.75, 3.05) is 0 Å². The number of pyridine rings is 1. The summed E-state index contributed by atoms with van der Waals surface area (Å²) >= 11 is 5.92. The molecule has 0 fully saturated rings. The average Bonchev–Trinajstić information content (AvgIpc) is 2.77. The molecule has 0 aliphatic heterocycles. The van der Waals surface area contributed by atoms with Crippen LogP contribution in [0.3, 0.4) is 0 Å². The monoisotopic (exact) mass is 278 g/mol. The molecule has 5 nitrogen and oxygen atoms in total. The molecule has 0 atom stereocenters. The number of rotatable bonds is 4. The first-order valence-electron chi connectivity index (χ1n) is 6.01. The first-order valence-corrected chi connectivity index (χ1v) is 6.38. The van der Waals surface area contributed by atoms with Crippen molar-refractivity contribution in [3.63, 3.8) is 0 Å². The van der Waals surface area contributed by atoms with E-state index in [1.165, 1.54) is 6.20 Å². The second-order valence-corrected chi connectivity index (χ2v) is 4.57. The zero-order valence-electron chi connectivity index (χ0n) is 10.9. The fourth-order valence-corrected chi connectivity index (χ4v) is 2.06. The summed E-state index contributed by atoms with van der Waals surface area (Å²) in [6, 6.07) is 1.60. The van der Waals surface area contributed by atoms with Crippen LogP contribution in [0.15, 0.2) is 24.7 Å². The van der Waals surface area contributed by atoms with Crippen molar-refractivity contribution >= 4 is 17.5 Å². The van der Waals surface area contributed by atoms with Crippen LogP contribution in [0.5, 0.6) is 0 Å². The van der Waals surface area contributed by atoms with Gasteiger partial charge >= 0.3 is 0 Å². The van der Waals surface area contributed by atoms with Gasteiger partial charge < -0.3 is 5.32 Å². The van der Waals surface area contributed by atoms with E-state index >= 15 is 0 Å². The van der Waals surface area contributed by atoms with Crippen LogP contribution in [0.1, 0.15) is 28.5 Å². The van der Waals surface area contributed by atoms with Gasteiger partial charge in [0.2, 0.25) is 0 Å². The molecule has 1 N–H and O–H groups in total. The minimum absolute atomic E-state index is 0.210. The largest absolute Gasteiger partial charge is 0.348 e. The maximum atomic E-state index is 12.0. The molecule has 6 heteroatoms. The van der Waals surface area contributed by atoms with E-state index in [1.807, 2.05) is 20.2 Å². The van der Waals surface area contributed by atoms with E-state index in [2.05, 4.69) is 15.4 Å². The van der Waals surface area contributed by atoms with Crippen molar-refractivity contribution < 1.29 is 4.79 Å². The molecule has 0 radical (unpaired) electrons. The number of nitrogens with zero attached hydrogens (tertiary/aromatic N) is 3. The summed E-state index contributed by atoms with van der Waals surface area (Å²) in [6.07, 6.45) is 5.75. The van der Waals surface area contributed by atoms with E-state index in [1.54, 1.807) is 16.9 Å².